The van der Waals surface area contributed by atoms with Crippen LogP contribution in [0.2, 0.25) is 0 Å². The fourth-order valence-electron chi connectivity index (χ4n) is 2.96. The summed E-state index contributed by atoms with van der Waals surface area (Å²) < 4.78 is 5.35. The van der Waals surface area contributed by atoms with E-state index in [4.69, 9.17) is 4.74 Å². The minimum Gasteiger partial charge on any atom is -0.379 e. The van der Waals surface area contributed by atoms with Crippen molar-refractivity contribution in [2.24, 2.45) is 0 Å². The van der Waals surface area contributed by atoms with Gasteiger partial charge in [-0.3, -0.25) is 4.90 Å². The molecule has 0 aromatic rings. The van der Waals surface area contributed by atoms with Crippen LogP contribution in [-0.4, -0.2) is 75.4 Å². The third-order valence-corrected chi connectivity index (χ3v) is 4.28. The number of hydrogen-bond acceptors (Lipinski definition) is 4. The lowest BCUT2D eigenvalue weighted by Crippen LogP contribution is -2.41. The number of likely N-dealkylation sites (tertiary alicyclic amines) is 1. The molecule has 1 N–H and O–H groups in total. The van der Waals surface area contributed by atoms with Gasteiger partial charge in [-0.15, -0.1) is 0 Å². The molecule has 0 amide bonds. The van der Waals surface area contributed by atoms with Crippen LogP contribution in [0.4, 0.5) is 0 Å². The van der Waals surface area contributed by atoms with Crippen molar-refractivity contribution in [2.75, 3.05) is 59.5 Å². The fraction of sp³-hybridized carbons (Fsp3) is 1.00. The van der Waals surface area contributed by atoms with Crippen LogP contribution in [0, 0.1) is 0 Å². The van der Waals surface area contributed by atoms with Crippen molar-refractivity contribution in [3.63, 3.8) is 0 Å². The van der Waals surface area contributed by atoms with Gasteiger partial charge in [0.25, 0.3) is 0 Å². The van der Waals surface area contributed by atoms with E-state index in [-0.39, 0.29) is 0 Å². The second-order valence-corrected chi connectivity index (χ2v) is 5.62. The second kappa shape index (κ2) is 8.10. The van der Waals surface area contributed by atoms with Gasteiger partial charge in [-0.05, 0) is 39.4 Å². The molecule has 2 heterocycles. The first kappa shape index (κ1) is 14.3. The average Bonchev–Trinajstić information content (AvgIpc) is 2.42. The summed E-state index contributed by atoms with van der Waals surface area (Å²) in [7, 11) is 2.28. The van der Waals surface area contributed by atoms with Crippen molar-refractivity contribution in [3.8, 4) is 0 Å². The molecule has 0 radical (unpaired) electrons. The Hall–Kier alpha value is -0.160. The van der Waals surface area contributed by atoms with Crippen molar-refractivity contribution < 1.29 is 4.74 Å². The van der Waals surface area contributed by atoms with E-state index in [9.17, 15) is 0 Å². The molecule has 0 aromatic carbocycles. The zero-order valence-corrected chi connectivity index (χ0v) is 11.9. The summed E-state index contributed by atoms with van der Waals surface area (Å²) in [6.45, 7) is 8.78. The molecule has 2 aliphatic rings. The molecule has 0 aromatic heterocycles. The van der Waals surface area contributed by atoms with Gasteiger partial charge in [0.1, 0.15) is 0 Å². The van der Waals surface area contributed by atoms with E-state index >= 15 is 0 Å². The molecule has 4 nitrogen and oxygen atoms in total. The number of nitrogens with one attached hydrogen (secondary N) is 1. The van der Waals surface area contributed by atoms with E-state index in [1.165, 1.54) is 45.3 Å². The second-order valence-electron chi connectivity index (χ2n) is 5.62. The monoisotopic (exact) mass is 255 g/mol. The molecular weight excluding hydrogens is 226 g/mol. The van der Waals surface area contributed by atoms with Gasteiger partial charge in [-0.2, -0.15) is 0 Å². The maximum Gasteiger partial charge on any atom is 0.0594 e. The summed E-state index contributed by atoms with van der Waals surface area (Å²) in [5, 5.41) is 3.59. The van der Waals surface area contributed by atoms with Crippen molar-refractivity contribution in [1.82, 2.24) is 15.1 Å². The summed E-state index contributed by atoms with van der Waals surface area (Å²) in [4.78, 5) is 5.02. The molecule has 0 aliphatic carbocycles. The quantitative estimate of drug-likeness (QED) is 0.710. The first-order valence-electron chi connectivity index (χ1n) is 7.57. The average molecular weight is 255 g/mol. The largest absolute Gasteiger partial charge is 0.379 e. The molecule has 2 rings (SSSR count). The van der Waals surface area contributed by atoms with Crippen molar-refractivity contribution >= 4 is 0 Å². The molecule has 2 saturated heterocycles. The number of nitrogens with zero attached hydrogens (tertiary/aromatic N) is 2. The van der Waals surface area contributed by atoms with Crippen LogP contribution in [0.25, 0.3) is 0 Å². The highest BCUT2D eigenvalue weighted by Gasteiger charge is 2.17. The number of rotatable bonds is 6. The maximum atomic E-state index is 5.35. The normalized spacial score (nSPS) is 27.5. The van der Waals surface area contributed by atoms with E-state index in [1.807, 2.05) is 0 Å². The van der Waals surface area contributed by atoms with Crippen molar-refractivity contribution in [1.29, 1.82) is 0 Å². The number of morpholine rings is 1. The molecule has 0 spiro atoms. The highest BCUT2D eigenvalue weighted by Crippen LogP contribution is 2.16. The van der Waals surface area contributed by atoms with Crippen molar-refractivity contribution in [2.45, 2.75) is 31.7 Å². The standard InChI is InChI=1S/C14H29N3O/c1-16-8-3-2-4-14(16)5-6-15-7-9-17-10-12-18-13-11-17/h14-15H,2-13H2,1H3. The molecule has 0 saturated carbocycles. The highest BCUT2D eigenvalue weighted by molar-refractivity contribution is 4.75. The Balaban J connectivity index is 1.47. The van der Waals surface area contributed by atoms with Crippen LogP contribution >= 0.6 is 0 Å². The first-order chi connectivity index (χ1) is 8.86. The van der Waals surface area contributed by atoms with Gasteiger partial charge >= 0.3 is 0 Å². The Kier molecular flexibility index (Phi) is 6.41. The van der Waals surface area contributed by atoms with Crippen LogP contribution in [0.15, 0.2) is 0 Å². The van der Waals surface area contributed by atoms with Gasteiger partial charge in [0.15, 0.2) is 0 Å². The van der Waals surface area contributed by atoms with E-state index in [2.05, 4.69) is 22.2 Å². The smallest absolute Gasteiger partial charge is 0.0594 e. The maximum absolute atomic E-state index is 5.35. The minimum atomic E-state index is 0.814. The summed E-state index contributed by atoms with van der Waals surface area (Å²) in [5.41, 5.74) is 0. The third kappa shape index (κ3) is 4.84. The third-order valence-electron chi connectivity index (χ3n) is 4.28. The van der Waals surface area contributed by atoms with Gasteiger partial charge in [0.2, 0.25) is 0 Å². The predicted octanol–water partition coefficient (Wildman–Crippen LogP) is 0.783. The Morgan fingerprint density at radius 2 is 1.94 bits per heavy atom. The topological polar surface area (TPSA) is 27.7 Å². The van der Waals surface area contributed by atoms with Gasteiger partial charge in [0, 0.05) is 32.2 Å². The molecule has 4 heteroatoms. The van der Waals surface area contributed by atoms with Crippen LogP contribution in [0.3, 0.4) is 0 Å². The number of ether oxygens (including phenoxy) is 1. The Labute approximate surface area is 112 Å². The van der Waals surface area contributed by atoms with E-state index in [1.54, 1.807) is 0 Å². The summed E-state index contributed by atoms with van der Waals surface area (Å²) >= 11 is 0. The van der Waals surface area contributed by atoms with Crippen LogP contribution in [0.5, 0.6) is 0 Å². The Morgan fingerprint density at radius 1 is 1.11 bits per heavy atom. The summed E-state index contributed by atoms with van der Waals surface area (Å²) in [6, 6.07) is 0.814. The first-order valence-corrected chi connectivity index (χ1v) is 7.57. The Bertz CT molecular complexity index is 219. The summed E-state index contributed by atoms with van der Waals surface area (Å²) in [6.07, 6.45) is 5.50. The number of piperidine rings is 1. The molecule has 18 heavy (non-hydrogen) atoms. The molecule has 2 fully saturated rings. The minimum absolute atomic E-state index is 0.814. The number of hydrogen-bond donors (Lipinski definition) is 1. The van der Waals surface area contributed by atoms with Gasteiger partial charge in [0.05, 0.1) is 13.2 Å². The van der Waals surface area contributed by atoms with Crippen LogP contribution < -0.4 is 5.32 Å². The zero-order valence-electron chi connectivity index (χ0n) is 11.9. The molecule has 2 aliphatic heterocycles. The van der Waals surface area contributed by atoms with Crippen molar-refractivity contribution in [3.05, 3.63) is 0 Å². The van der Waals surface area contributed by atoms with Gasteiger partial charge < -0.3 is 15.0 Å². The SMILES string of the molecule is CN1CCCCC1CCNCCN1CCOCC1. The lowest BCUT2D eigenvalue weighted by molar-refractivity contribution is 0.0384. The Morgan fingerprint density at radius 3 is 2.72 bits per heavy atom. The van der Waals surface area contributed by atoms with Gasteiger partial charge in [-0.25, -0.2) is 0 Å². The summed E-state index contributed by atoms with van der Waals surface area (Å²) in [5.74, 6) is 0. The lowest BCUT2D eigenvalue weighted by atomic mass is 10.0. The lowest BCUT2D eigenvalue weighted by Gasteiger charge is -2.32. The molecular formula is C14H29N3O. The van der Waals surface area contributed by atoms with E-state index in [0.29, 0.717) is 0 Å². The van der Waals surface area contributed by atoms with E-state index < -0.39 is 0 Å². The molecule has 1 atom stereocenters. The molecule has 0 bridgehead atoms. The van der Waals surface area contributed by atoms with E-state index in [0.717, 1.165) is 38.9 Å². The van der Waals surface area contributed by atoms with Crippen LogP contribution in [0.1, 0.15) is 25.7 Å². The predicted molar refractivity (Wildman–Crippen MR) is 75.0 cm³/mol. The van der Waals surface area contributed by atoms with Gasteiger partial charge in [-0.1, -0.05) is 6.42 Å². The molecule has 106 valence electrons. The van der Waals surface area contributed by atoms with Crippen LogP contribution in [-0.2, 0) is 4.74 Å². The zero-order chi connectivity index (χ0) is 12.6. The molecule has 1 unspecified atom stereocenters. The highest BCUT2D eigenvalue weighted by atomic mass is 16.5. The fourth-order valence-corrected chi connectivity index (χ4v) is 2.96.